The van der Waals surface area contributed by atoms with Crippen LogP contribution >= 0.6 is 0 Å². The monoisotopic (exact) mass is 486 g/mol. The van der Waals surface area contributed by atoms with Crippen LogP contribution in [-0.2, 0) is 19.6 Å². The second-order valence-electron chi connectivity index (χ2n) is 9.53. The topological polar surface area (TPSA) is 91.0 Å². The molecular formula is C25H34N4O4S. The molecule has 34 heavy (non-hydrogen) atoms. The summed E-state index contributed by atoms with van der Waals surface area (Å²) in [5, 5.41) is 3.61. The van der Waals surface area contributed by atoms with Gasteiger partial charge in [-0.15, -0.1) is 0 Å². The summed E-state index contributed by atoms with van der Waals surface area (Å²) in [6.45, 7) is 9.50. The Kier molecular flexibility index (Phi) is 6.78. The van der Waals surface area contributed by atoms with Crippen LogP contribution in [0.5, 0.6) is 0 Å². The molecule has 2 heterocycles. The quantitative estimate of drug-likeness (QED) is 0.665. The summed E-state index contributed by atoms with van der Waals surface area (Å²) in [5.41, 5.74) is 4.54. The van der Waals surface area contributed by atoms with E-state index in [1.807, 2.05) is 17.0 Å². The third-order valence-electron chi connectivity index (χ3n) is 6.32. The average molecular weight is 487 g/mol. The molecule has 1 amide bonds. The molecule has 2 aromatic carbocycles. The van der Waals surface area contributed by atoms with Crippen molar-refractivity contribution in [2.45, 2.75) is 58.4 Å². The molecule has 0 aliphatic carbocycles. The van der Waals surface area contributed by atoms with E-state index in [2.05, 4.69) is 53.9 Å². The first-order valence-electron chi connectivity index (χ1n) is 11.7. The third-order valence-corrected chi connectivity index (χ3v) is 6.92. The van der Waals surface area contributed by atoms with E-state index in [0.717, 1.165) is 48.4 Å². The molecule has 0 radical (unpaired) electrons. The van der Waals surface area contributed by atoms with Crippen LogP contribution in [0.1, 0.15) is 45.7 Å². The van der Waals surface area contributed by atoms with Crippen LogP contribution in [0.4, 0.5) is 22.7 Å². The maximum Gasteiger partial charge on any atom is 0.229 e. The zero-order valence-electron chi connectivity index (χ0n) is 20.4. The van der Waals surface area contributed by atoms with Crippen molar-refractivity contribution in [1.82, 2.24) is 0 Å². The Morgan fingerprint density at radius 1 is 1.00 bits per heavy atom. The number of morpholine rings is 1. The van der Waals surface area contributed by atoms with Crippen LogP contribution in [0.25, 0.3) is 0 Å². The highest BCUT2D eigenvalue weighted by Gasteiger charge is 2.33. The van der Waals surface area contributed by atoms with E-state index in [1.165, 1.54) is 0 Å². The van der Waals surface area contributed by atoms with Gasteiger partial charge in [0.2, 0.25) is 15.9 Å². The number of hydrogen-bond donors (Lipinski definition) is 2. The second kappa shape index (κ2) is 9.46. The van der Waals surface area contributed by atoms with Crippen LogP contribution in [0.15, 0.2) is 42.5 Å². The first-order chi connectivity index (χ1) is 16.0. The summed E-state index contributed by atoms with van der Waals surface area (Å²) in [4.78, 5) is 16.7. The molecule has 9 heteroatoms. The van der Waals surface area contributed by atoms with Crippen LogP contribution in [-0.4, -0.2) is 51.9 Å². The van der Waals surface area contributed by atoms with Gasteiger partial charge in [0, 0.05) is 54.4 Å². The summed E-state index contributed by atoms with van der Waals surface area (Å²) in [6.07, 6.45) is 2.20. The summed E-state index contributed by atoms with van der Waals surface area (Å²) in [6, 6.07) is 13.6. The van der Waals surface area contributed by atoms with Crippen molar-refractivity contribution < 1.29 is 17.9 Å². The van der Waals surface area contributed by atoms with Crippen molar-refractivity contribution in [2.24, 2.45) is 0 Å². The Labute approximate surface area is 202 Å². The molecule has 2 aliphatic heterocycles. The zero-order chi connectivity index (χ0) is 24.6. The lowest BCUT2D eigenvalue weighted by atomic mass is 9.90. The van der Waals surface area contributed by atoms with Crippen molar-refractivity contribution in [2.75, 3.05) is 39.2 Å². The Hall–Kier alpha value is -2.78. The molecule has 2 aliphatic rings. The van der Waals surface area contributed by atoms with Crippen molar-refractivity contribution in [1.29, 1.82) is 0 Å². The highest BCUT2D eigenvalue weighted by Crippen LogP contribution is 2.41. The summed E-state index contributed by atoms with van der Waals surface area (Å²) in [7, 11) is -3.32. The smallest absolute Gasteiger partial charge is 0.229 e. The fourth-order valence-corrected chi connectivity index (χ4v) is 5.67. The fraction of sp³-hybridized carbons (Fsp3) is 0.480. The van der Waals surface area contributed by atoms with E-state index in [9.17, 15) is 13.2 Å². The molecule has 0 saturated carbocycles. The Morgan fingerprint density at radius 3 is 2.21 bits per heavy atom. The summed E-state index contributed by atoms with van der Waals surface area (Å²) >= 11 is 0. The molecular weight excluding hydrogens is 452 g/mol. The number of carbonyl (C=O) groups is 1. The van der Waals surface area contributed by atoms with Crippen molar-refractivity contribution in [3.63, 3.8) is 0 Å². The highest BCUT2D eigenvalue weighted by atomic mass is 32.2. The first-order valence-corrected chi connectivity index (χ1v) is 13.6. The summed E-state index contributed by atoms with van der Waals surface area (Å²) in [5.74, 6) is 0.0322. The Bertz CT molecular complexity index is 1140. The molecule has 8 nitrogen and oxygen atoms in total. The predicted molar refractivity (Wildman–Crippen MR) is 137 cm³/mol. The number of anilines is 4. The number of rotatable bonds is 5. The maximum absolute atomic E-state index is 12.5. The van der Waals surface area contributed by atoms with Crippen LogP contribution in [0, 0.1) is 0 Å². The predicted octanol–water partition coefficient (Wildman–Crippen LogP) is 3.97. The number of benzene rings is 2. The van der Waals surface area contributed by atoms with Gasteiger partial charge < -0.3 is 19.9 Å². The third kappa shape index (κ3) is 5.47. The molecule has 1 saturated heterocycles. The zero-order valence-corrected chi connectivity index (χ0v) is 21.2. The van der Waals surface area contributed by atoms with E-state index in [1.54, 1.807) is 19.1 Å². The van der Waals surface area contributed by atoms with Crippen LogP contribution in [0.3, 0.4) is 0 Å². The molecule has 2 aromatic rings. The van der Waals surface area contributed by atoms with E-state index in [-0.39, 0.29) is 30.2 Å². The maximum atomic E-state index is 12.5. The highest BCUT2D eigenvalue weighted by molar-refractivity contribution is 7.92. The van der Waals surface area contributed by atoms with E-state index < -0.39 is 10.0 Å². The summed E-state index contributed by atoms with van der Waals surface area (Å²) < 4.78 is 31.4. The fourth-order valence-electron chi connectivity index (χ4n) is 5.10. The Morgan fingerprint density at radius 2 is 1.62 bits per heavy atom. The molecule has 1 fully saturated rings. The largest absolute Gasteiger partial charge is 0.378 e. The molecule has 4 unspecified atom stereocenters. The number of hydrogen-bond acceptors (Lipinski definition) is 6. The van der Waals surface area contributed by atoms with Crippen molar-refractivity contribution in [3.8, 4) is 0 Å². The number of amides is 1. The molecule has 0 aromatic heterocycles. The van der Waals surface area contributed by atoms with E-state index in [0.29, 0.717) is 5.69 Å². The van der Waals surface area contributed by atoms with Gasteiger partial charge in [0.25, 0.3) is 0 Å². The van der Waals surface area contributed by atoms with Gasteiger partial charge in [-0.1, -0.05) is 0 Å². The van der Waals surface area contributed by atoms with Gasteiger partial charge in [-0.05, 0) is 69.7 Å². The van der Waals surface area contributed by atoms with Gasteiger partial charge in [-0.2, -0.15) is 0 Å². The molecule has 0 bridgehead atoms. The number of fused-ring (bicyclic) bond motifs is 1. The average Bonchev–Trinajstić information content (AvgIpc) is 2.73. The number of carbonyl (C=O) groups excluding carboxylic acids is 1. The normalized spacial score (nSPS) is 25.0. The van der Waals surface area contributed by atoms with E-state index in [4.69, 9.17) is 4.74 Å². The van der Waals surface area contributed by atoms with Crippen molar-refractivity contribution >= 4 is 38.7 Å². The SMILES string of the molecule is CC(=O)N1c2ccc(N3CC(C)OC(C)C3)cc2C(Nc2ccc(NS(C)(=O)=O)cc2)CC1C. The minimum absolute atomic E-state index is 0.00477. The minimum atomic E-state index is -3.32. The minimum Gasteiger partial charge on any atom is -0.378 e. The number of sulfonamides is 1. The molecule has 2 N–H and O–H groups in total. The van der Waals surface area contributed by atoms with E-state index >= 15 is 0 Å². The molecule has 184 valence electrons. The standard InChI is InChI=1S/C25H34N4O4S/c1-16-12-24(26-20-6-8-21(9-7-20)27-34(5,31)32)23-13-22(10-11-25(23)29(16)19(4)30)28-14-17(2)33-18(3)15-28/h6-11,13,16-18,24,26-27H,12,14-15H2,1-5H3. The lowest BCUT2D eigenvalue weighted by molar-refractivity contribution is -0.117. The van der Waals surface area contributed by atoms with Gasteiger partial charge in [0.1, 0.15) is 0 Å². The lowest BCUT2D eigenvalue weighted by Crippen LogP contribution is -2.46. The first kappa shape index (κ1) is 24.3. The van der Waals surface area contributed by atoms with Gasteiger partial charge in [0.15, 0.2) is 0 Å². The Balaban J connectivity index is 1.65. The molecule has 4 rings (SSSR count). The number of ether oxygens (including phenoxy) is 1. The van der Waals surface area contributed by atoms with Gasteiger partial charge in [-0.25, -0.2) is 8.42 Å². The molecule has 4 atom stereocenters. The van der Waals surface area contributed by atoms with Gasteiger partial charge in [0.05, 0.1) is 24.5 Å². The van der Waals surface area contributed by atoms with Gasteiger partial charge in [-0.3, -0.25) is 9.52 Å². The lowest BCUT2D eigenvalue weighted by Gasteiger charge is -2.41. The van der Waals surface area contributed by atoms with Crippen LogP contribution in [0.2, 0.25) is 0 Å². The van der Waals surface area contributed by atoms with Crippen molar-refractivity contribution in [3.05, 3.63) is 48.0 Å². The molecule has 0 spiro atoms. The number of nitrogens with zero attached hydrogens (tertiary/aromatic N) is 2. The number of nitrogens with one attached hydrogen (secondary N) is 2. The van der Waals surface area contributed by atoms with Gasteiger partial charge >= 0.3 is 0 Å². The van der Waals surface area contributed by atoms with Crippen LogP contribution < -0.4 is 19.8 Å². The second-order valence-corrected chi connectivity index (χ2v) is 11.3.